The number of rotatable bonds is 3. The van der Waals surface area contributed by atoms with E-state index in [0.29, 0.717) is 5.56 Å². The molecule has 4 heteroatoms. The van der Waals surface area contributed by atoms with E-state index in [1.807, 2.05) is 18.2 Å². The van der Waals surface area contributed by atoms with Crippen molar-refractivity contribution < 1.29 is 0 Å². The maximum Gasteiger partial charge on any atom is 0.0991 e. The van der Waals surface area contributed by atoms with Crippen LogP contribution in [0.4, 0.5) is 0 Å². The van der Waals surface area contributed by atoms with Crippen molar-refractivity contribution in [3.8, 4) is 23.1 Å². The van der Waals surface area contributed by atoms with Crippen molar-refractivity contribution in [2.24, 2.45) is 0 Å². The van der Waals surface area contributed by atoms with Crippen LogP contribution in [0, 0.1) is 11.3 Å². The van der Waals surface area contributed by atoms with Gasteiger partial charge in [-0.05, 0) is 72.8 Å². The molecule has 10 rings (SSSR count). The van der Waals surface area contributed by atoms with Gasteiger partial charge in [-0.15, -0.1) is 0 Å². The van der Waals surface area contributed by atoms with E-state index < -0.39 is 0 Å². The van der Waals surface area contributed by atoms with Gasteiger partial charge in [0.1, 0.15) is 0 Å². The maximum absolute atomic E-state index is 9.74. The summed E-state index contributed by atoms with van der Waals surface area (Å²) in [5, 5.41) is 16.8. The average Bonchev–Trinajstić information content (AvgIpc) is 3.77. The third kappa shape index (κ3) is 3.57. The van der Waals surface area contributed by atoms with E-state index in [-0.39, 0.29) is 0 Å². The van der Waals surface area contributed by atoms with Gasteiger partial charge < -0.3 is 13.7 Å². The molecule has 0 fully saturated rings. The molecule has 0 atom stereocenters. The monoisotopic (exact) mass is 598 g/mol. The molecule has 0 spiro atoms. The molecule has 10 aromatic rings. The van der Waals surface area contributed by atoms with Crippen LogP contribution in [0.2, 0.25) is 0 Å². The smallest absolute Gasteiger partial charge is 0.0991 e. The number of para-hydroxylation sites is 4. The zero-order chi connectivity index (χ0) is 31.1. The van der Waals surface area contributed by atoms with Crippen LogP contribution in [0.15, 0.2) is 158 Å². The second-order valence-corrected chi connectivity index (χ2v) is 12.1. The molecule has 3 aromatic heterocycles. The minimum absolute atomic E-state index is 0.660. The first-order valence-corrected chi connectivity index (χ1v) is 15.8. The quantitative estimate of drug-likeness (QED) is 0.199. The lowest BCUT2D eigenvalue weighted by atomic mass is 10.1. The lowest BCUT2D eigenvalue weighted by Crippen LogP contribution is -1.97. The van der Waals surface area contributed by atoms with Crippen LogP contribution >= 0.6 is 0 Å². The predicted molar refractivity (Wildman–Crippen MR) is 194 cm³/mol. The normalized spacial score (nSPS) is 11.8. The zero-order valence-corrected chi connectivity index (χ0v) is 25.3. The molecule has 0 radical (unpaired) electrons. The van der Waals surface area contributed by atoms with E-state index in [1.165, 1.54) is 43.6 Å². The highest BCUT2D eigenvalue weighted by atomic mass is 15.0. The first-order chi connectivity index (χ1) is 23.3. The topological polar surface area (TPSA) is 38.6 Å². The summed E-state index contributed by atoms with van der Waals surface area (Å²) >= 11 is 0. The fourth-order valence-corrected chi connectivity index (χ4v) is 7.71. The molecule has 0 unspecified atom stereocenters. The van der Waals surface area contributed by atoms with Gasteiger partial charge in [-0.3, -0.25) is 0 Å². The van der Waals surface area contributed by atoms with E-state index in [9.17, 15) is 5.26 Å². The summed E-state index contributed by atoms with van der Waals surface area (Å²) in [5.74, 6) is 0. The molecule has 0 N–H and O–H groups in total. The van der Waals surface area contributed by atoms with Gasteiger partial charge in [-0.25, -0.2) is 0 Å². The molecule has 47 heavy (non-hydrogen) atoms. The Hall–Kier alpha value is -6.57. The predicted octanol–water partition coefficient (Wildman–Crippen LogP) is 10.8. The molecule has 0 saturated carbocycles. The minimum Gasteiger partial charge on any atom is -0.309 e. The Morgan fingerprint density at radius 1 is 0.362 bits per heavy atom. The SMILES string of the molecule is N#Cc1ccc2c(c1)c1ccc(-n3c4ccccc4c4ccc5c(c6ccccc6n5-c5ccccc5)c43)cc1n2-c1ccccc1. The number of hydrogen-bond acceptors (Lipinski definition) is 1. The highest BCUT2D eigenvalue weighted by Gasteiger charge is 2.21. The molecule has 0 bridgehead atoms. The van der Waals surface area contributed by atoms with Crippen LogP contribution in [-0.4, -0.2) is 13.7 Å². The van der Waals surface area contributed by atoms with Crippen molar-refractivity contribution >= 4 is 65.4 Å². The van der Waals surface area contributed by atoms with Gasteiger partial charge in [0.25, 0.3) is 0 Å². The van der Waals surface area contributed by atoms with Gasteiger partial charge >= 0.3 is 0 Å². The fourth-order valence-electron chi connectivity index (χ4n) is 7.71. The molecule has 7 aromatic carbocycles. The van der Waals surface area contributed by atoms with Crippen molar-refractivity contribution in [1.29, 1.82) is 5.26 Å². The summed E-state index contributed by atoms with van der Waals surface area (Å²) in [6.07, 6.45) is 0. The summed E-state index contributed by atoms with van der Waals surface area (Å²) in [6.45, 7) is 0. The van der Waals surface area contributed by atoms with E-state index in [1.54, 1.807) is 0 Å². The highest BCUT2D eigenvalue weighted by Crippen LogP contribution is 2.43. The zero-order valence-electron chi connectivity index (χ0n) is 25.3. The number of nitrogens with zero attached hydrogens (tertiary/aromatic N) is 4. The molecule has 0 aliphatic rings. The molecule has 0 aliphatic carbocycles. The number of aromatic nitrogens is 3. The second-order valence-electron chi connectivity index (χ2n) is 12.1. The Morgan fingerprint density at radius 3 is 1.64 bits per heavy atom. The molecule has 218 valence electrons. The van der Waals surface area contributed by atoms with Gasteiger partial charge in [0.2, 0.25) is 0 Å². The molecule has 0 amide bonds. The summed E-state index contributed by atoms with van der Waals surface area (Å²) in [7, 11) is 0. The van der Waals surface area contributed by atoms with E-state index in [2.05, 4.69) is 159 Å². The van der Waals surface area contributed by atoms with Gasteiger partial charge in [-0.1, -0.05) is 84.9 Å². The van der Waals surface area contributed by atoms with Crippen LogP contribution in [-0.2, 0) is 0 Å². The minimum atomic E-state index is 0.660. The first-order valence-electron chi connectivity index (χ1n) is 15.8. The Kier molecular flexibility index (Phi) is 5.32. The Balaban J connectivity index is 1.37. The maximum atomic E-state index is 9.74. The van der Waals surface area contributed by atoms with Crippen LogP contribution in [0.25, 0.3) is 82.5 Å². The Labute approximate surface area is 270 Å². The van der Waals surface area contributed by atoms with Gasteiger partial charge in [0.15, 0.2) is 0 Å². The summed E-state index contributed by atoms with van der Waals surface area (Å²) in [5.41, 5.74) is 10.9. The van der Waals surface area contributed by atoms with Gasteiger partial charge in [0, 0.05) is 49.4 Å². The lowest BCUT2D eigenvalue weighted by molar-refractivity contribution is 1.16. The standard InChI is InChI=1S/C43H26N4/c44-27-28-19-23-39-36(25-28)33-21-20-31(26-41(33)46(39)30-13-5-2-6-14-30)47-37-17-9-7-15-32(37)34-22-24-40-42(43(34)47)35-16-8-10-18-38(35)45(40)29-11-3-1-4-12-29/h1-26H. The lowest BCUT2D eigenvalue weighted by Gasteiger charge is -2.12. The summed E-state index contributed by atoms with van der Waals surface area (Å²) in [4.78, 5) is 0. The molecule has 3 heterocycles. The number of fused-ring (bicyclic) bond motifs is 10. The van der Waals surface area contributed by atoms with Crippen molar-refractivity contribution in [3.05, 3.63) is 163 Å². The van der Waals surface area contributed by atoms with Crippen molar-refractivity contribution in [1.82, 2.24) is 13.7 Å². The summed E-state index contributed by atoms with van der Waals surface area (Å²) < 4.78 is 7.15. The summed E-state index contributed by atoms with van der Waals surface area (Å²) in [6, 6.07) is 58.3. The van der Waals surface area contributed by atoms with Crippen LogP contribution < -0.4 is 0 Å². The molecular weight excluding hydrogens is 573 g/mol. The molecular formula is C43H26N4. The Morgan fingerprint density at radius 2 is 0.915 bits per heavy atom. The van der Waals surface area contributed by atoms with Crippen LogP contribution in [0.3, 0.4) is 0 Å². The molecule has 0 aliphatic heterocycles. The van der Waals surface area contributed by atoms with E-state index in [4.69, 9.17) is 0 Å². The molecule has 4 nitrogen and oxygen atoms in total. The number of nitriles is 1. The highest BCUT2D eigenvalue weighted by molar-refractivity contribution is 6.26. The van der Waals surface area contributed by atoms with Crippen LogP contribution in [0.1, 0.15) is 5.56 Å². The average molecular weight is 599 g/mol. The van der Waals surface area contributed by atoms with E-state index in [0.717, 1.165) is 38.9 Å². The first kappa shape index (κ1) is 25.7. The van der Waals surface area contributed by atoms with Gasteiger partial charge in [-0.2, -0.15) is 5.26 Å². The van der Waals surface area contributed by atoms with Crippen molar-refractivity contribution in [2.75, 3.05) is 0 Å². The van der Waals surface area contributed by atoms with Gasteiger partial charge in [0.05, 0.1) is 44.7 Å². The third-order valence-corrected chi connectivity index (χ3v) is 9.64. The Bertz CT molecular complexity index is 2900. The van der Waals surface area contributed by atoms with Crippen molar-refractivity contribution in [3.63, 3.8) is 0 Å². The number of benzene rings is 7. The van der Waals surface area contributed by atoms with Crippen molar-refractivity contribution in [2.45, 2.75) is 0 Å². The third-order valence-electron chi connectivity index (χ3n) is 9.64. The van der Waals surface area contributed by atoms with E-state index >= 15 is 0 Å². The largest absolute Gasteiger partial charge is 0.309 e. The molecule has 0 saturated heterocycles. The van der Waals surface area contributed by atoms with Crippen LogP contribution in [0.5, 0.6) is 0 Å². The fraction of sp³-hybridized carbons (Fsp3) is 0. The second kappa shape index (κ2) is 9.71. The number of hydrogen-bond donors (Lipinski definition) is 0.